The topological polar surface area (TPSA) is 68.6 Å². The number of nitrogens with zero attached hydrogens (tertiary/aromatic N) is 2. The minimum Gasteiger partial charge on any atom is -0.465 e. The molecule has 0 aliphatic carbocycles. The summed E-state index contributed by atoms with van der Waals surface area (Å²) in [5, 5.41) is 0.0873. The lowest BCUT2D eigenvalue weighted by molar-refractivity contribution is -0.113. The van der Waals surface area contributed by atoms with Crippen LogP contribution in [0.2, 0.25) is 5.02 Å². The van der Waals surface area contributed by atoms with Crippen molar-refractivity contribution >= 4 is 52.2 Å². The number of hydrogen-bond donors (Lipinski definition) is 0. The van der Waals surface area contributed by atoms with Crippen molar-refractivity contribution in [2.45, 2.75) is 20.8 Å². The Morgan fingerprint density at radius 1 is 1.06 bits per heavy atom. The average molecular weight is 481 g/mol. The molecular weight excluding hydrogens is 460 g/mol. The van der Waals surface area contributed by atoms with Crippen LogP contribution in [0.15, 0.2) is 53.4 Å². The number of ether oxygens (including phenoxy) is 1. The fourth-order valence-electron chi connectivity index (χ4n) is 3.90. The van der Waals surface area contributed by atoms with E-state index in [0.717, 1.165) is 44.9 Å². The molecule has 8 heteroatoms. The van der Waals surface area contributed by atoms with Gasteiger partial charge in [0.2, 0.25) is 0 Å². The predicted octanol–water partition coefficient (Wildman–Crippen LogP) is 6.08. The van der Waals surface area contributed by atoms with E-state index >= 15 is 0 Å². The monoisotopic (exact) mass is 480 g/mol. The molecule has 0 atom stereocenters. The predicted molar refractivity (Wildman–Crippen MR) is 131 cm³/mol. The van der Waals surface area contributed by atoms with Crippen molar-refractivity contribution in [2.75, 3.05) is 12.0 Å². The summed E-state index contributed by atoms with van der Waals surface area (Å²) in [6.45, 7) is 5.85. The molecule has 1 saturated heterocycles. The molecule has 1 fully saturated rings. The van der Waals surface area contributed by atoms with Gasteiger partial charge in [-0.15, -0.1) is 0 Å². The lowest BCUT2D eigenvalue weighted by atomic mass is 10.1. The summed E-state index contributed by atoms with van der Waals surface area (Å²) in [6, 6.07) is 14.0. The van der Waals surface area contributed by atoms with Gasteiger partial charge in [0.1, 0.15) is 0 Å². The van der Waals surface area contributed by atoms with Crippen LogP contribution in [-0.4, -0.2) is 28.8 Å². The first-order valence-electron chi connectivity index (χ1n) is 10.1. The molecule has 2 aromatic carbocycles. The SMILES string of the molecule is COC(=O)c1ccc(-n2c(C)cc(/C=C3/SC(=O)N(c4cccc(Cl)c4)C3=O)c2C)c(C)c1. The summed E-state index contributed by atoms with van der Waals surface area (Å²) in [6.07, 6.45) is 1.74. The van der Waals surface area contributed by atoms with Crippen molar-refractivity contribution in [3.05, 3.63) is 86.5 Å². The maximum atomic E-state index is 13.0. The zero-order valence-corrected chi connectivity index (χ0v) is 20.1. The smallest absolute Gasteiger partial charge is 0.337 e. The summed E-state index contributed by atoms with van der Waals surface area (Å²) < 4.78 is 6.86. The van der Waals surface area contributed by atoms with E-state index < -0.39 is 0 Å². The number of benzene rings is 2. The first-order chi connectivity index (χ1) is 15.7. The number of rotatable bonds is 4. The van der Waals surface area contributed by atoms with Gasteiger partial charge in [0, 0.05) is 22.1 Å². The molecular formula is C25H21ClN2O4S. The van der Waals surface area contributed by atoms with Gasteiger partial charge in [0.05, 0.1) is 23.3 Å². The highest BCUT2D eigenvalue weighted by molar-refractivity contribution is 8.19. The number of esters is 1. The molecule has 2 heterocycles. The molecule has 1 aliphatic heterocycles. The molecule has 0 bridgehead atoms. The summed E-state index contributed by atoms with van der Waals surface area (Å²) in [4.78, 5) is 38.9. The second-order valence-corrected chi connectivity index (χ2v) is 9.08. The van der Waals surface area contributed by atoms with Crippen LogP contribution in [0.25, 0.3) is 11.8 Å². The highest BCUT2D eigenvalue weighted by atomic mass is 35.5. The van der Waals surface area contributed by atoms with Gasteiger partial charge < -0.3 is 9.30 Å². The first kappa shape index (κ1) is 22.9. The maximum absolute atomic E-state index is 13.0. The summed E-state index contributed by atoms with van der Waals surface area (Å²) in [7, 11) is 1.35. The van der Waals surface area contributed by atoms with Crippen LogP contribution in [0.4, 0.5) is 10.5 Å². The van der Waals surface area contributed by atoms with Crippen LogP contribution in [-0.2, 0) is 9.53 Å². The highest BCUT2D eigenvalue weighted by Crippen LogP contribution is 2.37. The van der Waals surface area contributed by atoms with Gasteiger partial charge in [-0.05, 0) is 92.2 Å². The Morgan fingerprint density at radius 2 is 1.82 bits per heavy atom. The third-order valence-electron chi connectivity index (χ3n) is 5.48. The molecule has 168 valence electrons. The second-order valence-electron chi connectivity index (χ2n) is 7.65. The van der Waals surface area contributed by atoms with Crippen molar-refractivity contribution in [1.82, 2.24) is 4.57 Å². The Hall–Kier alpha value is -3.29. The van der Waals surface area contributed by atoms with Crippen LogP contribution in [0.3, 0.4) is 0 Å². The van der Waals surface area contributed by atoms with Gasteiger partial charge in [-0.25, -0.2) is 9.69 Å². The first-order valence-corrected chi connectivity index (χ1v) is 11.3. The number of carbonyl (C=O) groups is 3. The van der Waals surface area contributed by atoms with E-state index in [-0.39, 0.29) is 17.1 Å². The van der Waals surface area contributed by atoms with Crippen LogP contribution >= 0.6 is 23.4 Å². The average Bonchev–Trinajstić information content (AvgIpc) is 3.21. The molecule has 2 amide bonds. The fraction of sp³-hybridized carbons (Fsp3) is 0.160. The van der Waals surface area contributed by atoms with Crippen molar-refractivity contribution in [3.63, 3.8) is 0 Å². The molecule has 1 aromatic heterocycles. The highest BCUT2D eigenvalue weighted by Gasteiger charge is 2.36. The maximum Gasteiger partial charge on any atom is 0.337 e. The van der Waals surface area contributed by atoms with E-state index in [9.17, 15) is 14.4 Å². The Labute approximate surface area is 200 Å². The van der Waals surface area contributed by atoms with E-state index in [1.165, 1.54) is 7.11 Å². The second kappa shape index (κ2) is 8.92. The van der Waals surface area contributed by atoms with Crippen molar-refractivity contribution in [3.8, 4) is 5.69 Å². The molecule has 6 nitrogen and oxygen atoms in total. The number of aromatic nitrogens is 1. The number of halogens is 1. The summed E-state index contributed by atoms with van der Waals surface area (Å²) in [5.74, 6) is -0.766. The largest absolute Gasteiger partial charge is 0.465 e. The third-order valence-corrected chi connectivity index (χ3v) is 6.58. The number of anilines is 1. The van der Waals surface area contributed by atoms with Crippen LogP contribution in [0.1, 0.15) is 32.9 Å². The van der Waals surface area contributed by atoms with E-state index in [4.69, 9.17) is 16.3 Å². The number of hydrogen-bond acceptors (Lipinski definition) is 5. The van der Waals surface area contributed by atoms with Gasteiger partial charge in [-0.1, -0.05) is 17.7 Å². The molecule has 1 aliphatic rings. The number of methoxy groups -OCH3 is 1. The fourth-order valence-corrected chi connectivity index (χ4v) is 4.92. The van der Waals surface area contributed by atoms with Gasteiger partial charge >= 0.3 is 5.97 Å². The van der Waals surface area contributed by atoms with Crippen LogP contribution < -0.4 is 4.90 Å². The number of amides is 2. The zero-order valence-electron chi connectivity index (χ0n) is 18.5. The lowest BCUT2D eigenvalue weighted by Gasteiger charge is -2.14. The Bertz CT molecular complexity index is 1340. The third kappa shape index (κ3) is 4.21. The Kier molecular flexibility index (Phi) is 6.19. The normalized spacial score (nSPS) is 14.9. The molecule has 0 unspecified atom stereocenters. The van der Waals surface area contributed by atoms with E-state index in [0.29, 0.717) is 21.2 Å². The lowest BCUT2D eigenvalue weighted by Crippen LogP contribution is -2.27. The quantitative estimate of drug-likeness (QED) is 0.334. The molecule has 0 N–H and O–H groups in total. The van der Waals surface area contributed by atoms with Gasteiger partial charge in [-0.3, -0.25) is 9.59 Å². The van der Waals surface area contributed by atoms with Crippen LogP contribution in [0.5, 0.6) is 0 Å². The molecule has 33 heavy (non-hydrogen) atoms. The zero-order chi connectivity index (χ0) is 23.9. The Morgan fingerprint density at radius 3 is 2.48 bits per heavy atom. The van der Waals surface area contributed by atoms with Crippen LogP contribution in [0, 0.1) is 20.8 Å². The molecule has 3 aromatic rings. The van der Waals surface area contributed by atoms with E-state index in [1.807, 2.05) is 32.9 Å². The van der Waals surface area contributed by atoms with Crippen molar-refractivity contribution < 1.29 is 19.1 Å². The number of thioether (sulfide) groups is 1. The van der Waals surface area contributed by atoms with Gasteiger partial charge in [0.15, 0.2) is 0 Å². The standard InChI is InChI=1S/C25H21ClN2O4S/c1-14-10-17(24(30)32-4)8-9-21(14)27-15(2)11-18(16(27)3)12-22-23(29)28(25(31)33-22)20-7-5-6-19(26)13-20/h5-13H,1-4H3/b22-12+. The van der Waals surface area contributed by atoms with E-state index in [1.54, 1.807) is 42.5 Å². The van der Waals surface area contributed by atoms with Gasteiger partial charge in [-0.2, -0.15) is 0 Å². The van der Waals surface area contributed by atoms with Crippen molar-refractivity contribution in [2.24, 2.45) is 0 Å². The Balaban J connectivity index is 1.70. The molecule has 0 radical (unpaired) electrons. The number of carbonyl (C=O) groups excluding carboxylic acids is 3. The summed E-state index contributed by atoms with van der Waals surface area (Å²) in [5.41, 5.74) is 5.46. The summed E-state index contributed by atoms with van der Waals surface area (Å²) >= 11 is 6.94. The minimum atomic E-state index is -0.387. The number of aryl methyl sites for hydroxylation is 2. The molecule has 0 saturated carbocycles. The molecule has 0 spiro atoms. The van der Waals surface area contributed by atoms with Gasteiger partial charge in [0.25, 0.3) is 11.1 Å². The minimum absolute atomic E-state index is 0.345. The number of imide groups is 1. The van der Waals surface area contributed by atoms with Crippen molar-refractivity contribution in [1.29, 1.82) is 0 Å². The van der Waals surface area contributed by atoms with E-state index in [2.05, 4.69) is 4.57 Å². The molecule has 4 rings (SSSR count).